The molecule has 0 atom stereocenters. The zero-order valence-corrected chi connectivity index (χ0v) is 15.6. The molecule has 8 heteroatoms. The van der Waals surface area contributed by atoms with Crippen LogP contribution < -0.4 is 4.90 Å². The molecule has 0 radical (unpaired) electrons. The number of rotatable bonds is 3. The van der Waals surface area contributed by atoms with Gasteiger partial charge in [0.1, 0.15) is 0 Å². The molecule has 0 unspecified atom stereocenters. The molecule has 1 amide bonds. The zero-order valence-electron chi connectivity index (χ0n) is 14.0. The Bertz CT molecular complexity index is 688. The van der Waals surface area contributed by atoms with Crippen molar-refractivity contribution in [2.45, 2.75) is 12.8 Å². The van der Waals surface area contributed by atoms with E-state index in [1.807, 2.05) is 0 Å². The molecule has 4 rings (SSSR count). The molecule has 1 aromatic rings. The summed E-state index contributed by atoms with van der Waals surface area (Å²) in [6, 6.07) is 10.6. The van der Waals surface area contributed by atoms with E-state index in [4.69, 9.17) is 12.2 Å². The smallest absolute Gasteiger partial charge is 0.248 e. The molecule has 0 N–H and O–H groups in total. The molecule has 1 aromatic carbocycles. The molecule has 0 saturated carbocycles. The predicted molar refractivity (Wildman–Crippen MR) is 106 cm³/mol. The van der Waals surface area contributed by atoms with Gasteiger partial charge in [-0.2, -0.15) is 4.99 Å². The van der Waals surface area contributed by atoms with Crippen LogP contribution in [0.25, 0.3) is 0 Å². The van der Waals surface area contributed by atoms with Crippen LogP contribution in [0.3, 0.4) is 0 Å². The number of thiocarbonyl (C=S) groups is 1. The molecule has 3 aliphatic heterocycles. The van der Waals surface area contributed by atoms with Crippen LogP contribution in [0.15, 0.2) is 35.3 Å². The molecule has 25 heavy (non-hydrogen) atoms. The average molecular weight is 376 g/mol. The number of carbonyl (C=O) groups is 1. The Kier molecular flexibility index (Phi) is 4.91. The van der Waals surface area contributed by atoms with Crippen molar-refractivity contribution in [1.29, 1.82) is 0 Å². The third-order valence-corrected chi connectivity index (χ3v) is 6.04. The molecule has 6 nitrogen and oxygen atoms in total. The number of carbonyl (C=O) groups excluding carboxylic acids is 1. The summed E-state index contributed by atoms with van der Waals surface area (Å²) in [5, 5.41) is 4.94. The lowest BCUT2D eigenvalue weighted by Crippen LogP contribution is -2.53. The van der Waals surface area contributed by atoms with Crippen LogP contribution in [0.4, 0.5) is 5.69 Å². The third kappa shape index (κ3) is 3.65. The van der Waals surface area contributed by atoms with E-state index in [-0.39, 0.29) is 5.91 Å². The maximum Gasteiger partial charge on any atom is 0.248 e. The monoisotopic (exact) mass is 375 g/mol. The topological polar surface area (TPSA) is 42.4 Å². The summed E-state index contributed by atoms with van der Waals surface area (Å²) in [6.45, 7) is 5.59. The van der Waals surface area contributed by atoms with E-state index in [2.05, 4.69) is 55.1 Å². The van der Waals surface area contributed by atoms with E-state index in [0.29, 0.717) is 6.42 Å². The van der Waals surface area contributed by atoms with Crippen LogP contribution in [0.1, 0.15) is 12.8 Å². The van der Waals surface area contributed by atoms with Crippen LogP contribution >= 0.6 is 24.0 Å². The molecular formula is C17H21N5OS2. The standard InChI is InChI=1S/C17H21N5OS2/c23-15-7-4-8-21-16(18-15)25-17(24)22(21)13-19-9-11-20(12-10-19)14-5-2-1-3-6-14/h1-3,5-6H,4,7-13H2. The second-order valence-corrected chi connectivity index (χ2v) is 7.97. The van der Waals surface area contributed by atoms with Gasteiger partial charge in [-0.3, -0.25) is 19.7 Å². The van der Waals surface area contributed by atoms with E-state index in [1.165, 1.54) is 17.4 Å². The Balaban J connectivity index is 1.37. The SMILES string of the molecule is O=C1CCCN2C(=N1)SC(=S)N2CN1CCN(c2ccccc2)CC1. The first-order valence-electron chi connectivity index (χ1n) is 8.61. The molecule has 0 aliphatic carbocycles. The lowest BCUT2D eigenvalue weighted by atomic mass is 10.2. The van der Waals surface area contributed by atoms with E-state index in [0.717, 1.165) is 55.3 Å². The van der Waals surface area contributed by atoms with Gasteiger partial charge in [-0.1, -0.05) is 30.4 Å². The lowest BCUT2D eigenvalue weighted by Gasteiger charge is -2.39. The Labute approximate surface area is 157 Å². The van der Waals surface area contributed by atoms with Crippen molar-refractivity contribution in [2.75, 3.05) is 44.3 Å². The lowest BCUT2D eigenvalue weighted by molar-refractivity contribution is -0.117. The van der Waals surface area contributed by atoms with Crippen LogP contribution in [-0.2, 0) is 4.79 Å². The van der Waals surface area contributed by atoms with Crippen molar-refractivity contribution in [3.63, 3.8) is 0 Å². The molecule has 0 bridgehead atoms. The van der Waals surface area contributed by atoms with Crippen LogP contribution in [0.5, 0.6) is 0 Å². The largest absolute Gasteiger partial charge is 0.369 e. The highest BCUT2D eigenvalue weighted by molar-refractivity contribution is 8.33. The number of fused-ring (bicyclic) bond motifs is 1. The number of hydrogen-bond donors (Lipinski definition) is 0. The highest BCUT2D eigenvalue weighted by Crippen LogP contribution is 2.29. The van der Waals surface area contributed by atoms with E-state index < -0.39 is 0 Å². The molecule has 2 fully saturated rings. The number of aliphatic imine (C=N–C) groups is 1. The third-order valence-electron chi connectivity index (χ3n) is 4.71. The number of para-hydroxylation sites is 1. The number of thioether (sulfide) groups is 1. The maximum atomic E-state index is 11.7. The minimum atomic E-state index is -0.0360. The van der Waals surface area contributed by atoms with Crippen LogP contribution in [0, 0.1) is 0 Å². The van der Waals surface area contributed by atoms with Crippen molar-refractivity contribution in [2.24, 2.45) is 4.99 Å². The quantitative estimate of drug-likeness (QED) is 0.749. The normalized spacial score (nSPS) is 22.1. The maximum absolute atomic E-state index is 11.7. The molecule has 3 heterocycles. The number of benzene rings is 1. The van der Waals surface area contributed by atoms with Gasteiger partial charge in [0, 0.05) is 44.8 Å². The van der Waals surface area contributed by atoms with Gasteiger partial charge in [-0.15, -0.1) is 0 Å². The minimum Gasteiger partial charge on any atom is -0.369 e. The summed E-state index contributed by atoms with van der Waals surface area (Å²) in [5.74, 6) is -0.0360. The minimum absolute atomic E-state index is 0.0360. The summed E-state index contributed by atoms with van der Waals surface area (Å²) >= 11 is 6.96. The van der Waals surface area contributed by atoms with Gasteiger partial charge in [-0.05, 0) is 30.3 Å². The number of amidine groups is 1. The fraction of sp³-hybridized carbons (Fsp3) is 0.471. The number of hydrogen-bond acceptors (Lipinski definition) is 6. The summed E-state index contributed by atoms with van der Waals surface area (Å²) < 4.78 is 0.791. The van der Waals surface area contributed by atoms with Crippen molar-refractivity contribution in [1.82, 2.24) is 14.9 Å². The number of nitrogens with zero attached hydrogens (tertiary/aromatic N) is 5. The van der Waals surface area contributed by atoms with Gasteiger partial charge < -0.3 is 4.90 Å². The fourth-order valence-electron chi connectivity index (χ4n) is 3.33. The van der Waals surface area contributed by atoms with Gasteiger partial charge in [0.15, 0.2) is 9.49 Å². The molecule has 0 spiro atoms. The Hall–Kier alpha value is -1.64. The van der Waals surface area contributed by atoms with Crippen molar-refractivity contribution < 1.29 is 4.79 Å². The molecule has 132 valence electrons. The summed E-state index contributed by atoms with van der Waals surface area (Å²) in [7, 11) is 0. The molecule has 0 aromatic heterocycles. The fourth-order valence-corrected chi connectivity index (χ4v) is 4.58. The number of piperazine rings is 1. The highest BCUT2D eigenvalue weighted by atomic mass is 32.2. The summed E-state index contributed by atoms with van der Waals surface area (Å²) in [5.41, 5.74) is 1.29. The number of amides is 1. The number of hydrazine groups is 1. The second-order valence-electron chi connectivity index (χ2n) is 6.36. The Morgan fingerprint density at radius 3 is 2.60 bits per heavy atom. The van der Waals surface area contributed by atoms with Crippen LogP contribution in [-0.4, -0.2) is 69.7 Å². The molecule has 3 aliphatic rings. The van der Waals surface area contributed by atoms with E-state index >= 15 is 0 Å². The van der Waals surface area contributed by atoms with Crippen molar-refractivity contribution in [3.8, 4) is 0 Å². The molecular weight excluding hydrogens is 354 g/mol. The average Bonchev–Trinajstić information content (AvgIpc) is 2.79. The first-order chi connectivity index (χ1) is 12.2. The first-order valence-corrected chi connectivity index (χ1v) is 9.84. The van der Waals surface area contributed by atoms with Crippen LogP contribution in [0.2, 0.25) is 0 Å². The zero-order chi connectivity index (χ0) is 17.2. The first kappa shape index (κ1) is 16.8. The summed E-state index contributed by atoms with van der Waals surface area (Å²) in [4.78, 5) is 20.7. The molecule has 2 saturated heterocycles. The van der Waals surface area contributed by atoms with Gasteiger partial charge in [-0.25, -0.2) is 0 Å². The Morgan fingerprint density at radius 2 is 1.84 bits per heavy atom. The Morgan fingerprint density at radius 1 is 1.08 bits per heavy atom. The van der Waals surface area contributed by atoms with Gasteiger partial charge in [0.25, 0.3) is 0 Å². The van der Waals surface area contributed by atoms with Crippen molar-refractivity contribution in [3.05, 3.63) is 30.3 Å². The highest BCUT2D eigenvalue weighted by Gasteiger charge is 2.35. The van der Waals surface area contributed by atoms with E-state index in [9.17, 15) is 4.79 Å². The van der Waals surface area contributed by atoms with E-state index in [1.54, 1.807) is 0 Å². The van der Waals surface area contributed by atoms with Gasteiger partial charge in [0.05, 0.1) is 6.67 Å². The summed E-state index contributed by atoms with van der Waals surface area (Å²) in [6.07, 6.45) is 1.35. The predicted octanol–water partition coefficient (Wildman–Crippen LogP) is 1.99. The second kappa shape index (κ2) is 7.31. The van der Waals surface area contributed by atoms with Gasteiger partial charge in [0.2, 0.25) is 5.91 Å². The van der Waals surface area contributed by atoms with Crippen molar-refractivity contribution >= 4 is 45.1 Å². The number of anilines is 1. The van der Waals surface area contributed by atoms with Gasteiger partial charge >= 0.3 is 0 Å².